The van der Waals surface area contributed by atoms with Crippen molar-refractivity contribution in [3.63, 3.8) is 0 Å². The van der Waals surface area contributed by atoms with E-state index in [1.54, 1.807) is 0 Å². The molecule has 5 heteroatoms. The van der Waals surface area contributed by atoms with E-state index < -0.39 is 0 Å². The van der Waals surface area contributed by atoms with Gasteiger partial charge in [-0.15, -0.1) is 0 Å². The van der Waals surface area contributed by atoms with E-state index >= 15 is 0 Å². The summed E-state index contributed by atoms with van der Waals surface area (Å²) in [6.45, 7) is 6.24. The summed E-state index contributed by atoms with van der Waals surface area (Å²) in [5.74, 6) is 2.59. The minimum absolute atomic E-state index is 0.0521. The molecule has 0 amide bonds. The summed E-state index contributed by atoms with van der Waals surface area (Å²) in [6, 6.07) is -0.197. The number of hydrogen-bond acceptors (Lipinski definition) is 5. The third kappa shape index (κ3) is 3.01. The summed E-state index contributed by atoms with van der Waals surface area (Å²) in [5, 5.41) is 4.48. The standard InChI is InChI=1S/C12H21N3OS/c1-12(2,3)9(13)11-14-10(15-16-11)8-6-4-5-7-17-8/h8-9H,4-7,13H2,1-3H3/t8?,9-/m0/s1. The summed E-state index contributed by atoms with van der Waals surface area (Å²) in [6.07, 6.45) is 3.70. The first-order valence-corrected chi connectivity index (χ1v) is 7.24. The van der Waals surface area contributed by atoms with Gasteiger partial charge in [0.1, 0.15) is 0 Å². The Hall–Kier alpha value is -0.550. The number of hydrogen-bond donors (Lipinski definition) is 1. The molecule has 0 bridgehead atoms. The largest absolute Gasteiger partial charge is 0.338 e. The molecule has 1 aliphatic heterocycles. The van der Waals surface area contributed by atoms with Gasteiger partial charge in [0.15, 0.2) is 5.82 Å². The minimum atomic E-state index is -0.197. The second-order valence-electron chi connectivity index (χ2n) is 5.69. The second kappa shape index (κ2) is 4.98. The van der Waals surface area contributed by atoms with Crippen LogP contribution < -0.4 is 5.73 Å². The van der Waals surface area contributed by atoms with Gasteiger partial charge in [0.25, 0.3) is 0 Å². The molecule has 1 aliphatic rings. The first kappa shape index (κ1) is 12.9. The topological polar surface area (TPSA) is 64.9 Å². The lowest BCUT2D eigenvalue weighted by Gasteiger charge is -2.23. The van der Waals surface area contributed by atoms with Crippen LogP contribution in [0.4, 0.5) is 0 Å². The molecule has 4 nitrogen and oxygen atoms in total. The lowest BCUT2D eigenvalue weighted by molar-refractivity contribution is 0.252. The Morgan fingerprint density at radius 1 is 1.41 bits per heavy atom. The van der Waals surface area contributed by atoms with E-state index in [9.17, 15) is 0 Å². The van der Waals surface area contributed by atoms with Gasteiger partial charge in [-0.1, -0.05) is 32.3 Å². The number of thioether (sulfide) groups is 1. The SMILES string of the molecule is CC(C)(C)[C@@H](N)c1nc(C2CCCCS2)no1. The van der Waals surface area contributed by atoms with Gasteiger partial charge in [-0.05, 0) is 24.0 Å². The highest BCUT2D eigenvalue weighted by atomic mass is 32.2. The van der Waals surface area contributed by atoms with Crippen LogP contribution >= 0.6 is 11.8 Å². The smallest absolute Gasteiger partial charge is 0.244 e. The van der Waals surface area contributed by atoms with Crippen LogP contribution in [0.15, 0.2) is 4.52 Å². The van der Waals surface area contributed by atoms with Gasteiger partial charge in [-0.25, -0.2) is 0 Å². The van der Waals surface area contributed by atoms with E-state index in [1.165, 1.54) is 18.6 Å². The molecular formula is C12H21N3OS. The predicted octanol–water partition coefficient (Wildman–Crippen LogP) is 3.07. The highest BCUT2D eigenvalue weighted by Gasteiger charge is 2.29. The van der Waals surface area contributed by atoms with E-state index in [2.05, 4.69) is 30.9 Å². The Bertz CT molecular complexity index is 366. The fourth-order valence-corrected chi connectivity index (χ4v) is 3.05. The first-order chi connectivity index (χ1) is 7.98. The van der Waals surface area contributed by atoms with Crippen molar-refractivity contribution in [1.82, 2.24) is 10.1 Å². The Labute approximate surface area is 107 Å². The third-order valence-electron chi connectivity index (χ3n) is 3.12. The van der Waals surface area contributed by atoms with Gasteiger partial charge in [0.05, 0.1) is 11.3 Å². The maximum Gasteiger partial charge on any atom is 0.244 e. The van der Waals surface area contributed by atoms with Crippen LogP contribution in [0.25, 0.3) is 0 Å². The van der Waals surface area contributed by atoms with Crippen LogP contribution in [-0.4, -0.2) is 15.9 Å². The number of rotatable bonds is 2. The van der Waals surface area contributed by atoms with E-state index in [4.69, 9.17) is 10.3 Å². The molecule has 96 valence electrons. The lowest BCUT2D eigenvalue weighted by atomic mass is 9.87. The third-order valence-corrected chi connectivity index (χ3v) is 4.50. The van der Waals surface area contributed by atoms with E-state index in [0.717, 1.165) is 12.2 Å². The maximum absolute atomic E-state index is 6.11. The van der Waals surface area contributed by atoms with Crippen molar-refractivity contribution in [3.8, 4) is 0 Å². The molecular weight excluding hydrogens is 234 g/mol. The van der Waals surface area contributed by atoms with Crippen LogP contribution in [0.1, 0.15) is 63.0 Å². The van der Waals surface area contributed by atoms with Crippen molar-refractivity contribution in [2.75, 3.05) is 5.75 Å². The van der Waals surface area contributed by atoms with Gasteiger partial charge in [0.2, 0.25) is 5.89 Å². The summed E-state index contributed by atoms with van der Waals surface area (Å²) < 4.78 is 5.31. The Kier molecular flexibility index (Phi) is 3.78. The zero-order chi connectivity index (χ0) is 12.5. The molecule has 2 N–H and O–H groups in total. The molecule has 2 atom stereocenters. The molecule has 0 saturated carbocycles. The van der Waals surface area contributed by atoms with Crippen molar-refractivity contribution in [2.24, 2.45) is 11.1 Å². The van der Waals surface area contributed by atoms with Crippen LogP contribution in [-0.2, 0) is 0 Å². The highest BCUT2D eigenvalue weighted by Crippen LogP contribution is 2.37. The van der Waals surface area contributed by atoms with Crippen LogP contribution in [0, 0.1) is 5.41 Å². The van der Waals surface area contributed by atoms with Crippen LogP contribution in [0.2, 0.25) is 0 Å². The summed E-state index contributed by atoms with van der Waals surface area (Å²) in [5.41, 5.74) is 6.06. The Balaban J connectivity index is 2.10. The fraction of sp³-hybridized carbons (Fsp3) is 0.833. The minimum Gasteiger partial charge on any atom is -0.338 e. The molecule has 2 heterocycles. The average Bonchev–Trinajstić information content (AvgIpc) is 2.77. The molecule has 0 spiro atoms. The van der Waals surface area contributed by atoms with Gasteiger partial charge in [-0.2, -0.15) is 16.7 Å². The normalized spacial score (nSPS) is 23.6. The fourth-order valence-electron chi connectivity index (χ4n) is 1.82. The zero-order valence-electron chi connectivity index (χ0n) is 10.8. The van der Waals surface area contributed by atoms with Gasteiger partial charge >= 0.3 is 0 Å². The monoisotopic (exact) mass is 255 g/mol. The van der Waals surface area contributed by atoms with Crippen molar-refractivity contribution >= 4 is 11.8 Å². The first-order valence-electron chi connectivity index (χ1n) is 6.19. The zero-order valence-corrected chi connectivity index (χ0v) is 11.6. The molecule has 2 rings (SSSR count). The lowest BCUT2D eigenvalue weighted by Crippen LogP contribution is -2.26. The van der Waals surface area contributed by atoms with Crippen LogP contribution in [0.5, 0.6) is 0 Å². The van der Waals surface area contributed by atoms with Gasteiger partial charge in [-0.3, -0.25) is 0 Å². The highest BCUT2D eigenvalue weighted by molar-refractivity contribution is 7.99. The molecule has 0 aliphatic carbocycles. The predicted molar refractivity (Wildman–Crippen MR) is 69.7 cm³/mol. The number of nitrogens with two attached hydrogens (primary N) is 1. The van der Waals surface area contributed by atoms with Crippen molar-refractivity contribution < 1.29 is 4.52 Å². The Morgan fingerprint density at radius 2 is 2.18 bits per heavy atom. The van der Waals surface area contributed by atoms with E-state index in [0.29, 0.717) is 11.1 Å². The van der Waals surface area contributed by atoms with Gasteiger partial charge in [0, 0.05) is 0 Å². The quantitative estimate of drug-likeness (QED) is 0.879. The molecule has 1 fully saturated rings. The molecule has 1 aromatic heterocycles. The number of nitrogens with zero attached hydrogens (tertiary/aromatic N) is 2. The van der Waals surface area contributed by atoms with Crippen molar-refractivity contribution in [1.29, 1.82) is 0 Å². The summed E-state index contributed by atoms with van der Waals surface area (Å²) in [4.78, 5) is 4.48. The molecule has 0 radical (unpaired) electrons. The van der Waals surface area contributed by atoms with Crippen LogP contribution in [0.3, 0.4) is 0 Å². The van der Waals surface area contributed by atoms with E-state index in [-0.39, 0.29) is 11.5 Å². The van der Waals surface area contributed by atoms with Crippen molar-refractivity contribution in [3.05, 3.63) is 11.7 Å². The molecule has 1 saturated heterocycles. The average molecular weight is 255 g/mol. The second-order valence-corrected chi connectivity index (χ2v) is 7.00. The van der Waals surface area contributed by atoms with Gasteiger partial charge < -0.3 is 10.3 Å². The molecule has 0 aromatic carbocycles. The summed E-state index contributed by atoms with van der Waals surface area (Å²) in [7, 11) is 0. The van der Waals surface area contributed by atoms with E-state index in [1.807, 2.05) is 11.8 Å². The molecule has 17 heavy (non-hydrogen) atoms. The molecule has 1 aromatic rings. The Morgan fingerprint density at radius 3 is 2.76 bits per heavy atom. The molecule has 1 unspecified atom stereocenters. The summed E-state index contributed by atoms with van der Waals surface area (Å²) >= 11 is 1.92. The number of aromatic nitrogens is 2. The maximum atomic E-state index is 6.11. The van der Waals surface area contributed by atoms with Crippen molar-refractivity contribution in [2.45, 2.75) is 51.3 Å².